The van der Waals surface area contributed by atoms with E-state index in [2.05, 4.69) is 9.82 Å². The molecule has 6 nitrogen and oxygen atoms in total. The lowest BCUT2D eigenvalue weighted by atomic mass is 10.3. The molecule has 0 spiro atoms. The Hall–Kier alpha value is -1.64. The van der Waals surface area contributed by atoms with E-state index in [0.717, 1.165) is 12.1 Å². The zero-order valence-corrected chi connectivity index (χ0v) is 12.0. The Bertz CT molecular complexity index is 745. The van der Waals surface area contributed by atoms with Crippen LogP contribution in [0.1, 0.15) is 5.69 Å². The van der Waals surface area contributed by atoms with Crippen LogP contribution in [0, 0.1) is 5.82 Å². The Balaban J connectivity index is 2.27. The van der Waals surface area contributed by atoms with Crippen molar-refractivity contribution in [3.05, 3.63) is 40.9 Å². The number of rotatable bonds is 4. The largest absolute Gasteiger partial charge is 0.399 e. The van der Waals surface area contributed by atoms with Crippen LogP contribution in [-0.2, 0) is 23.6 Å². The van der Waals surface area contributed by atoms with Gasteiger partial charge in [0.2, 0.25) is 10.0 Å². The van der Waals surface area contributed by atoms with Gasteiger partial charge in [-0.05, 0) is 18.2 Å². The van der Waals surface area contributed by atoms with Crippen LogP contribution in [0.4, 0.5) is 10.1 Å². The Labute approximate surface area is 120 Å². The summed E-state index contributed by atoms with van der Waals surface area (Å²) in [5, 5.41) is 3.67. The van der Waals surface area contributed by atoms with Gasteiger partial charge in [-0.25, -0.2) is 17.5 Å². The first-order chi connectivity index (χ1) is 9.29. The monoisotopic (exact) mass is 318 g/mol. The summed E-state index contributed by atoms with van der Waals surface area (Å²) in [6.45, 7) is -0.0605. The molecule has 0 radical (unpaired) electrons. The Kier molecular flexibility index (Phi) is 3.98. The van der Waals surface area contributed by atoms with Gasteiger partial charge in [-0.3, -0.25) is 4.68 Å². The van der Waals surface area contributed by atoms with E-state index in [-0.39, 0.29) is 17.3 Å². The van der Waals surface area contributed by atoms with Gasteiger partial charge in [0, 0.05) is 18.9 Å². The molecule has 1 aromatic carbocycles. The molecule has 0 atom stereocenters. The second kappa shape index (κ2) is 5.39. The smallest absolute Gasteiger partial charge is 0.243 e. The molecule has 0 aliphatic heterocycles. The Morgan fingerprint density at radius 2 is 2.20 bits per heavy atom. The number of nitrogen functional groups attached to an aromatic ring is 1. The summed E-state index contributed by atoms with van der Waals surface area (Å²) in [5.74, 6) is -1.03. The highest BCUT2D eigenvalue weighted by atomic mass is 35.5. The maximum atomic E-state index is 13.8. The third-order valence-corrected chi connectivity index (χ3v) is 4.19. The van der Waals surface area contributed by atoms with Gasteiger partial charge in [-0.15, -0.1) is 0 Å². The minimum Gasteiger partial charge on any atom is -0.399 e. The van der Waals surface area contributed by atoms with Crippen molar-refractivity contribution in [3.8, 4) is 0 Å². The summed E-state index contributed by atoms with van der Waals surface area (Å²) >= 11 is 5.58. The summed E-state index contributed by atoms with van der Waals surface area (Å²) in [6, 6.07) is 3.81. The van der Waals surface area contributed by atoms with Crippen molar-refractivity contribution < 1.29 is 12.8 Å². The SMILES string of the molecule is Cn1ccc(CNS(=O)(=O)c2cc(N)cc(Cl)c2F)n1. The molecule has 0 amide bonds. The van der Waals surface area contributed by atoms with Crippen molar-refractivity contribution in [1.29, 1.82) is 0 Å². The summed E-state index contributed by atoms with van der Waals surface area (Å²) in [7, 11) is -2.36. The molecule has 0 fully saturated rings. The molecule has 0 aliphatic rings. The second-order valence-electron chi connectivity index (χ2n) is 4.12. The first kappa shape index (κ1) is 14.8. The van der Waals surface area contributed by atoms with Crippen LogP contribution in [0.15, 0.2) is 29.3 Å². The zero-order valence-electron chi connectivity index (χ0n) is 10.5. The van der Waals surface area contributed by atoms with Gasteiger partial charge >= 0.3 is 0 Å². The molecule has 108 valence electrons. The summed E-state index contributed by atoms with van der Waals surface area (Å²) in [6.07, 6.45) is 1.67. The average molecular weight is 319 g/mol. The van der Waals surface area contributed by atoms with Crippen LogP contribution < -0.4 is 10.5 Å². The quantitative estimate of drug-likeness (QED) is 0.831. The summed E-state index contributed by atoms with van der Waals surface area (Å²) in [5.41, 5.74) is 6.05. The molecule has 0 unspecified atom stereocenters. The molecule has 2 rings (SSSR count). The number of aromatic nitrogens is 2. The lowest BCUT2D eigenvalue weighted by Gasteiger charge is -2.08. The van der Waals surface area contributed by atoms with Crippen LogP contribution in [0.25, 0.3) is 0 Å². The van der Waals surface area contributed by atoms with E-state index >= 15 is 0 Å². The molecule has 0 saturated carbocycles. The predicted octanol–water partition coefficient (Wildman–Crippen LogP) is 1.27. The number of nitrogens with two attached hydrogens (primary N) is 1. The zero-order chi connectivity index (χ0) is 14.9. The van der Waals surface area contributed by atoms with E-state index in [0.29, 0.717) is 5.69 Å². The van der Waals surface area contributed by atoms with E-state index in [4.69, 9.17) is 17.3 Å². The van der Waals surface area contributed by atoms with Gasteiger partial charge in [-0.1, -0.05) is 11.6 Å². The molecule has 1 aromatic heterocycles. The fraction of sp³-hybridized carbons (Fsp3) is 0.182. The molecular weight excluding hydrogens is 307 g/mol. The number of hydrogen-bond acceptors (Lipinski definition) is 4. The molecule has 3 N–H and O–H groups in total. The van der Waals surface area contributed by atoms with E-state index in [9.17, 15) is 12.8 Å². The first-order valence-electron chi connectivity index (χ1n) is 5.52. The summed E-state index contributed by atoms with van der Waals surface area (Å²) < 4.78 is 41.6. The van der Waals surface area contributed by atoms with Crippen LogP contribution in [0.3, 0.4) is 0 Å². The minimum absolute atomic E-state index is 0.0605. The molecule has 2 aromatic rings. The van der Waals surface area contributed by atoms with Gasteiger partial charge in [0.1, 0.15) is 4.90 Å². The number of nitrogens with one attached hydrogen (secondary N) is 1. The highest BCUT2D eigenvalue weighted by molar-refractivity contribution is 7.89. The number of hydrogen-bond donors (Lipinski definition) is 2. The number of sulfonamides is 1. The third kappa shape index (κ3) is 3.09. The summed E-state index contributed by atoms with van der Waals surface area (Å²) in [4.78, 5) is -0.585. The van der Waals surface area contributed by atoms with Crippen LogP contribution >= 0.6 is 11.6 Å². The molecular formula is C11H12ClFN4O2S. The predicted molar refractivity (Wildman–Crippen MR) is 73.1 cm³/mol. The van der Waals surface area contributed by atoms with Gasteiger partial charge in [0.15, 0.2) is 5.82 Å². The van der Waals surface area contributed by atoms with Crippen LogP contribution in [0.5, 0.6) is 0 Å². The Morgan fingerprint density at radius 3 is 2.80 bits per heavy atom. The maximum Gasteiger partial charge on any atom is 0.243 e. The number of nitrogens with zero attached hydrogens (tertiary/aromatic N) is 2. The number of halogens is 2. The number of aryl methyl sites for hydroxylation is 1. The number of benzene rings is 1. The van der Waals surface area contributed by atoms with Crippen LogP contribution in [0.2, 0.25) is 5.02 Å². The fourth-order valence-electron chi connectivity index (χ4n) is 1.58. The molecule has 0 aliphatic carbocycles. The molecule has 1 heterocycles. The third-order valence-electron chi connectivity index (χ3n) is 2.52. The highest BCUT2D eigenvalue weighted by Crippen LogP contribution is 2.25. The van der Waals surface area contributed by atoms with Crippen molar-refractivity contribution in [2.24, 2.45) is 7.05 Å². The Morgan fingerprint density at radius 1 is 1.50 bits per heavy atom. The molecule has 20 heavy (non-hydrogen) atoms. The molecule has 0 saturated heterocycles. The van der Waals surface area contributed by atoms with Gasteiger partial charge in [0.25, 0.3) is 0 Å². The lowest BCUT2D eigenvalue weighted by molar-refractivity contribution is 0.556. The van der Waals surface area contributed by atoms with E-state index in [1.54, 1.807) is 19.3 Å². The number of anilines is 1. The topological polar surface area (TPSA) is 90.0 Å². The van der Waals surface area contributed by atoms with E-state index < -0.39 is 20.7 Å². The van der Waals surface area contributed by atoms with Crippen molar-refractivity contribution in [2.75, 3.05) is 5.73 Å². The van der Waals surface area contributed by atoms with Crippen molar-refractivity contribution in [1.82, 2.24) is 14.5 Å². The van der Waals surface area contributed by atoms with E-state index in [1.165, 1.54) is 4.68 Å². The lowest BCUT2D eigenvalue weighted by Crippen LogP contribution is -2.24. The maximum absolute atomic E-state index is 13.8. The van der Waals surface area contributed by atoms with E-state index in [1.807, 2.05) is 0 Å². The van der Waals surface area contributed by atoms with Gasteiger partial charge in [-0.2, -0.15) is 5.10 Å². The fourth-order valence-corrected chi connectivity index (χ4v) is 3.00. The average Bonchev–Trinajstić information content (AvgIpc) is 2.77. The highest BCUT2D eigenvalue weighted by Gasteiger charge is 2.22. The van der Waals surface area contributed by atoms with Crippen molar-refractivity contribution in [3.63, 3.8) is 0 Å². The molecule has 9 heteroatoms. The minimum atomic E-state index is -4.06. The van der Waals surface area contributed by atoms with Gasteiger partial charge < -0.3 is 5.73 Å². The molecule has 0 bridgehead atoms. The standard InChI is InChI=1S/C11H12ClFN4O2S/c1-17-3-2-8(16-17)6-15-20(18,19)10-5-7(14)4-9(12)11(10)13/h2-5,15H,6,14H2,1H3. The normalized spacial score (nSPS) is 11.8. The van der Waals surface area contributed by atoms with Gasteiger partial charge in [0.05, 0.1) is 17.3 Å². The van der Waals surface area contributed by atoms with Crippen molar-refractivity contribution in [2.45, 2.75) is 11.4 Å². The first-order valence-corrected chi connectivity index (χ1v) is 7.38. The second-order valence-corrected chi connectivity index (χ2v) is 6.26. The van der Waals surface area contributed by atoms with Crippen LogP contribution in [-0.4, -0.2) is 18.2 Å². The van der Waals surface area contributed by atoms with Crippen molar-refractivity contribution >= 4 is 27.3 Å².